The van der Waals surface area contributed by atoms with Gasteiger partial charge in [-0.05, 0) is 62.2 Å². The van der Waals surface area contributed by atoms with E-state index in [1.807, 2.05) is 19.9 Å². The van der Waals surface area contributed by atoms with Gasteiger partial charge in [-0.1, -0.05) is 17.7 Å². The van der Waals surface area contributed by atoms with Crippen molar-refractivity contribution in [2.45, 2.75) is 20.8 Å². The van der Waals surface area contributed by atoms with Gasteiger partial charge in [0.15, 0.2) is 0 Å². The van der Waals surface area contributed by atoms with Crippen LogP contribution in [0.5, 0.6) is 11.6 Å². The van der Waals surface area contributed by atoms with Gasteiger partial charge in [0.25, 0.3) is 5.56 Å². The molecule has 0 atom stereocenters. The van der Waals surface area contributed by atoms with Gasteiger partial charge in [-0.3, -0.25) is 9.20 Å². The third-order valence-corrected chi connectivity index (χ3v) is 4.72. The fourth-order valence-corrected chi connectivity index (χ4v) is 2.89. The number of esters is 1. The van der Waals surface area contributed by atoms with Gasteiger partial charge in [-0.15, -0.1) is 0 Å². The quantitative estimate of drug-likeness (QED) is 0.346. The van der Waals surface area contributed by atoms with E-state index in [9.17, 15) is 14.9 Å². The second-order valence-electron chi connectivity index (χ2n) is 6.42. The molecule has 2 heterocycles. The van der Waals surface area contributed by atoms with E-state index in [1.165, 1.54) is 4.40 Å². The summed E-state index contributed by atoms with van der Waals surface area (Å²) in [6, 6.07) is 10.3. The van der Waals surface area contributed by atoms with Gasteiger partial charge in [-0.2, -0.15) is 10.2 Å². The van der Waals surface area contributed by atoms with Crippen LogP contribution in [0.1, 0.15) is 23.6 Å². The number of nitriles is 1. The van der Waals surface area contributed by atoms with Crippen molar-refractivity contribution in [1.29, 1.82) is 5.26 Å². The number of nitrogens with zero attached hydrogens (tertiary/aromatic N) is 3. The standard InChI is InChI=1S/C22H18ClN3O4/c1-4-29-22(28)15(12-24)11-17-20(30-16-7-8-18(23)14(3)10-16)25-19-13(2)6-5-9-26(19)21(17)27/h5-11H,4H2,1-3H3/b15-11+. The van der Waals surface area contributed by atoms with Crippen LogP contribution in [-0.2, 0) is 9.53 Å². The summed E-state index contributed by atoms with van der Waals surface area (Å²) in [4.78, 5) is 29.7. The van der Waals surface area contributed by atoms with E-state index in [-0.39, 0.29) is 23.6 Å². The zero-order chi connectivity index (χ0) is 21.8. The van der Waals surface area contributed by atoms with Crippen molar-refractivity contribution in [3.63, 3.8) is 0 Å². The Kier molecular flexibility index (Phi) is 6.19. The van der Waals surface area contributed by atoms with Crippen molar-refractivity contribution in [1.82, 2.24) is 9.38 Å². The summed E-state index contributed by atoms with van der Waals surface area (Å²) in [7, 11) is 0. The predicted octanol–water partition coefficient (Wildman–Crippen LogP) is 4.23. The summed E-state index contributed by atoms with van der Waals surface area (Å²) in [5.41, 5.74) is 1.07. The molecular weight excluding hydrogens is 406 g/mol. The van der Waals surface area contributed by atoms with Crippen molar-refractivity contribution in [3.8, 4) is 17.7 Å². The van der Waals surface area contributed by atoms with Crippen molar-refractivity contribution in [2.24, 2.45) is 0 Å². The minimum absolute atomic E-state index is 0.0342. The third-order valence-electron chi connectivity index (χ3n) is 4.30. The molecule has 1 aromatic carbocycles. The number of hydrogen-bond donors (Lipinski definition) is 0. The van der Waals surface area contributed by atoms with Crippen LogP contribution >= 0.6 is 11.6 Å². The van der Waals surface area contributed by atoms with Gasteiger partial charge in [0.1, 0.15) is 28.6 Å². The van der Waals surface area contributed by atoms with E-state index >= 15 is 0 Å². The maximum absolute atomic E-state index is 13.2. The monoisotopic (exact) mass is 423 g/mol. The van der Waals surface area contributed by atoms with Crippen LogP contribution in [0, 0.1) is 25.2 Å². The van der Waals surface area contributed by atoms with Crippen LogP contribution in [0.3, 0.4) is 0 Å². The van der Waals surface area contributed by atoms with E-state index in [0.717, 1.165) is 17.2 Å². The fraction of sp³-hybridized carbons (Fsp3) is 0.182. The Morgan fingerprint density at radius 1 is 1.30 bits per heavy atom. The minimum Gasteiger partial charge on any atom is -0.462 e. The highest BCUT2D eigenvalue weighted by molar-refractivity contribution is 6.31. The van der Waals surface area contributed by atoms with Gasteiger partial charge in [0.2, 0.25) is 5.88 Å². The number of aromatic nitrogens is 2. The first-order valence-electron chi connectivity index (χ1n) is 9.10. The smallest absolute Gasteiger partial charge is 0.348 e. The van der Waals surface area contributed by atoms with Crippen molar-refractivity contribution in [3.05, 3.63) is 74.2 Å². The van der Waals surface area contributed by atoms with E-state index in [1.54, 1.807) is 43.5 Å². The Balaban J connectivity index is 2.25. The minimum atomic E-state index is -0.831. The van der Waals surface area contributed by atoms with E-state index < -0.39 is 11.5 Å². The molecule has 30 heavy (non-hydrogen) atoms. The number of carbonyl (C=O) groups excluding carboxylic acids is 1. The van der Waals surface area contributed by atoms with Crippen LogP contribution in [0.2, 0.25) is 5.02 Å². The van der Waals surface area contributed by atoms with E-state index in [2.05, 4.69) is 4.98 Å². The number of halogens is 1. The highest BCUT2D eigenvalue weighted by Gasteiger charge is 2.18. The molecule has 0 aliphatic rings. The molecule has 3 rings (SSSR count). The summed E-state index contributed by atoms with van der Waals surface area (Å²) in [6.07, 6.45) is 2.70. The fourth-order valence-electron chi connectivity index (χ4n) is 2.78. The van der Waals surface area contributed by atoms with Crippen LogP contribution < -0.4 is 10.3 Å². The lowest BCUT2D eigenvalue weighted by atomic mass is 10.2. The van der Waals surface area contributed by atoms with Crippen molar-refractivity contribution in [2.75, 3.05) is 6.61 Å². The maximum atomic E-state index is 13.2. The Morgan fingerprint density at radius 3 is 2.73 bits per heavy atom. The molecule has 0 saturated heterocycles. The van der Waals surface area contributed by atoms with Crippen LogP contribution in [0.4, 0.5) is 0 Å². The summed E-state index contributed by atoms with van der Waals surface area (Å²) in [5.74, 6) is -0.457. The number of pyridine rings is 1. The topological polar surface area (TPSA) is 93.7 Å². The molecule has 0 aliphatic carbocycles. The molecule has 7 nitrogen and oxygen atoms in total. The molecule has 0 fully saturated rings. The number of aryl methyl sites for hydroxylation is 2. The van der Waals surface area contributed by atoms with Crippen molar-refractivity contribution >= 4 is 29.3 Å². The van der Waals surface area contributed by atoms with Gasteiger partial charge in [0.05, 0.1) is 6.61 Å². The lowest BCUT2D eigenvalue weighted by Crippen LogP contribution is -2.20. The number of ether oxygens (including phenoxy) is 2. The summed E-state index contributed by atoms with van der Waals surface area (Å²) >= 11 is 6.07. The lowest BCUT2D eigenvalue weighted by Gasteiger charge is -2.12. The van der Waals surface area contributed by atoms with Gasteiger partial charge >= 0.3 is 5.97 Å². The molecule has 0 unspecified atom stereocenters. The van der Waals surface area contributed by atoms with Crippen LogP contribution in [0.25, 0.3) is 11.7 Å². The normalized spacial score (nSPS) is 11.2. The Hall–Kier alpha value is -3.63. The van der Waals surface area contributed by atoms with Gasteiger partial charge in [-0.25, -0.2) is 4.79 Å². The average Bonchev–Trinajstić information content (AvgIpc) is 2.71. The van der Waals surface area contributed by atoms with E-state index in [0.29, 0.717) is 16.4 Å². The summed E-state index contributed by atoms with van der Waals surface area (Å²) in [6.45, 7) is 5.35. The second-order valence-corrected chi connectivity index (χ2v) is 6.83. The zero-order valence-electron chi connectivity index (χ0n) is 16.6. The molecule has 0 N–H and O–H groups in total. The average molecular weight is 424 g/mol. The van der Waals surface area contributed by atoms with E-state index in [4.69, 9.17) is 21.1 Å². The largest absolute Gasteiger partial charge is 0.462 e. The molecule has 0 saturated carbocycles. The first-order chi connectivity index (χ1) is 14.3. The molecular formula is C22H18ClN3O4. The Morgan fingerprint density at radius 2 is 2.07 bits per heavy atom. The highest BCUT2D eigenvalue weighted by atomic mass is 35.5. The number of fused-ring (bicyclic) bond motifs is 1. The number of rotatable bonds is 5. The summed E-state index contributed by atoms with van der Waals surface area (Å²) < 4.78 is 12.1. The molecule has 152 valence electrons. The molecule has 0 spiro atoms. The SMILES string of the molecule is CCOC(=O)/C(C#N)=C/c1c(Oc2ccc(Cl)c(C)c2)nc2c(C)cccn2c1=O. The predicted molar refractivity (Wildman–Crippen MR) is 113 cm³/mol. The molecule has 3 aromatic rings. The zero-order valence-corrected chi connectivity index (χ0v) is 17.4. The number of carbonyl (C=O) groups is 1. The van der Waals surface area contributed by atoms with Crippen LogP contribution in [0.15, 0.2) is 46.9 Å². The highest BCUT2D eigenvalue weighted by Crippen LogP contribution is 2.28. The molecule has 0 amide bonds. The molecule has 0 aliphatic heterocycles. The first kappa shape index (κ1) is 21.1. The lowest BCUT2D eigenvalue weighted by molar-refractivity contribution is -0.137. The number of hydrogen-bond acceptors (Lipinski definition) is 6. The van der Waals surface area contributed by atoms with Crippen molar-refractivity contribution < 1.29 is 14.3 Å². The Labute approximate surface area is 177 Å². The van der Waals surface area contributed by atoms with Crippen LogP contribution in [-0.4, -0.2) is 22.0 Å². The van der Waals surface area contributed by atoms with Gasteiger partial charge < -0.3 is 9.47 Å². The molecule has 2 aromatic heterocycles. The molecule has 8 heteroatoms. The second kappa shape index (κ2) is 8.80. The molecule has 0 radical (unpaired) electrons. The molecule has 0 bridgehead atoms. The van der Waals surface area contributed by atoms with Gasteiger partial charge in [0, 0.05) is 11.2 Å². The summed E-state index contributed by atoms with van der Waals surface area (Å²) in [5, 5.41) is 9.94. The maximum Gasteiger partial charge on any atom is 0.348 e. The Bertz CT molecular complexity index is 1270. The number of benzene rings is 1. The first-order valence-corrected chi connectivity index (χ1v) is 9.48. The third kappa shape index (κ3) is 4.19.